The molecule has 0 saturated carbocycles. The number of rotatable bonds is 15. The fraction of sp³-hybridized carbons (Fsp3) is 0.396. The van der Waals surface area contributed by atoms with Crippen LogP contribution in [0.4, 0.5) is 17.1 Å². The molecule has 1 unspecified atom stereocenters. The first-order valence-corrected chi connectivity index (χ1v) is 24.4. The minimum absolute atomic E-state index is 0.00501. The van der Waals surface area contributed by atoms with Crippen LogP contribution >= 0.6 is 11.3 Å². The van der Waals surface area contributed by atoms with Gasteiger partial charge in [-0.15, -0.1) is 11.3 Å². The highest BCUT2D eigenvalue weighted by Crippen LogP contribution is 2.39. The van der Waals surface area contributed by atoms with Gasteiger partial charge in [-0.2, -0.15) is 0 Å². The number of fused-ring (bicyclic) bond motifs is 2. The second-order valence-corrected chi connectivity index (χ2v) is 20.0. The minimum Gasteiger partial charge on any atom is -0.456 e. The van der Waals surface area contributed by atoms with Gasteiger partial charge in [0.05, 0.1) is 15.4 Å². The third-order valence-electron chi connectivity index (χ3n) is 13.0. The highest BCUT2D eigenvalue weighted by molar-refractivity contribution is 7.90. The smallest absolute Gasteiger partial charge is 0.293 e. The third-order valence-corrected chi connectivity index (χ3v) is 15.5. The normalized spacial score (nSPS) is 19.8. The standard InChI is InChI=1S/C48H54N6O7S2/c55-48(50-63(58,59)42-16-18-44(45(30-42)54(56)57)49-31-34-20-26-60-27-21-34)43-17-14-39(29-46(43)61-40-10-2-1-3-11-40)52-24-22-51(23-25-52)32-35-6-4-7-36(28-35)47-19-15-41(62-47)33-53-37-8-5-9-38(53)13-12-37/h1-4,6-7,10-11,14-19,28-30,34,37-38,49H,5,8-9,12-13,20-27,31-33H2,(H,50,55)/t37-,38?/m0/s1. The van der Waals surface area contributed by atoms with Crippen molar-refractivity contribution >= 4 is 44.3 Å². The van der Waals surface area contributed by atoms with Gasteiger partial charge in [0.2, 0.25) is 0 Å². The number of para-hydroxylation sites is 1. The van der Waals surface area contributed by atoms with Crippen molar-refractivity contribution in [2.45, 2.75) is 75.0 Å². The lowest BCUT2D eigenvalue weighted by Gasteiger charge is -2.36. The summed E-state index contributed by atoms with van der Waals surface area (Å²) < 4.78 is 40.9. The summed E-state index contributed by atoms with van der Waals surface area (Å²) in [5.74, 6) is 0.0273. The number of hydrogen-bond donors (Lipinski definition) is 2. The lowest BCUT2D eigenvalue weighted by molar-refractivity contribution is -0.384. The average Bonchev–Trinajstić information content (AvgIpc) is 3.85. The van der Waals surface area contributed by atoms with Crippen LogP contribution in [0.1, 0.15) is 65.7 Å². The number of amides is 1. The number of benzene rings is 4. The van der Waals surface area contributed by atoms with E-state index in [1.165, 1.54) is 65.1 Å². The van der Waals surface area contributed by atoms with Gasteiger partial charge in [0.25, 0.3) is 21.6 Å². The van der Waals surface area contributed by atoms with E-state index in [-0.39, 0.29) is 22.9 Å². The summed E-state index contributed by atoms with van der Waals surface area (Å²) in [6.45, 7) is 6.83. The van der Waals surface area contributed by atoms with Crippen molar-refractivity contribution in [3.63, 3.8) is 0 Å². The molecule has 15 heteroatoms. The van der Waals surface area contributed by atoms with Gasteiger partial charge in [0, 0.05) is 98.7 Å². The average molecular weight is 891 g/mol. The van der Waals surface area contributed by atoms with Crippen LogP contribution in [0.5, 0.6) is 11.5 Å². The molecule has 4 saturated heterocycles. The zero-order valence-electron chi connectivity index (χ0n) is 35.3. The Balaban J connectivity index is 0.848. The monoisotopic (exact) mass is 890 g/mol. The number of piperazine rings is 1. The fourth-order valence-corrected chi connectivity index (χ4v) is 11.5. The first-order valence-electron chi connectivity index (χ1n) is 22.1. The topological polar surface area (TPSA) is 147 Å². The zero-order chi connectivity index (χ0) is 43.3. The van der Waals surface area contributed by atoms with Gasteiger partial charge in [0.1, 0.15) is 17.2 Å². The Kier molecular flexibility index (Phi) is 13.1. The van der Waals surface area contributed by atoms with Gasteiger partial charge in [-0.1, -0.05) is 42.8 Å². The van der Waals surface area contributed by atoms with Crippen LogP contribution in [0.3, 0.4) is 0 Å². The largest absolute Gasteiger partial charge is 0.456 e. The zero-order valence-corrected chi connectivity index (χ0v) is 37.0. The highest BCUT2D eigenvalue weighted by atomic mass is 32.2. The number of carbonyl (C=O) groups excluding carboxylic acids is 1. The Hall–Kier alpha value is -5.32. The molecule has 5 aromatic rings. The molecule has 2 N–H and O–H groups in total. The number of nitro groups is 1. The molecule has 4 fully saturated rings. The second kappa shape index (κ2) is 19.2. The van der Waals surface area contributed by atoms with Crippen LogP contribution < -0.4 is 19.7 Å². The van der Waals surface area contributed by atoms with Gasteiger partial charge in [-0.3, -0.25) is 24.7 Å². The van der Waals surface area contributed by atoms with Crippen LogP contribution in [0.2, 0.25) is 0 Å². The molecule has 5 heterocycles. The molecule has 4 aliphatic rings. The van der Waals surface area contributed by atoms with Crippen LogP contribution in [0.25, 0.3) is 10.4 Å². The number of nitrogens with zero attached hydrogens (tertiary/aromatic N) is 4. The maximum Gasteiger partial charge on any atom is 0.293 e. The number of anilines is 2. The van der Waals surface area contributed by atoms with E-state index < -0.39 is 31.4 Å². The van der Waals surface area contributed by atoms with Crippen molar-refractivity contribution in [3.05, 3.63) is 129 Å². The summed E-state index contributed by atoms with van der Waals surface area (Å²) >= 11 is 1.92. The molecule has 2 atom stereocenters. The van der Waals surface area contributed by atoms with Gasteiger partial charge in [-0.05, 0) is 110 Å². The fourth-order valence-electron chi connectivity index (χ4n) is 9.54. The quantitative estimate of drug-likeness (QED) is 0.0768. The summed E-state index contributed by atoms with van der Waals surface area (Å²) in [5, 5.41) is 15.1. The Morgan fingerprint density at radius 1 is 0.825 bits per heavy atom. The maximum atomic E-state index is 13.8. The van der Waals surface area contributed by atoms with E-state index in [2.05, 4.69) is 61.1 Å². The van der Waals surface area contributed by atoms with E-state index in [0.717, 1.165) is 75.9 Å². The molecular formula is C48H54N6O7S2. The summed E-state index contributed by atoms with van der Waals surface area (Å²) in [7, 11) is -4.51. The van der Waals surface area contributed by atoms with Crippen molar-refractivity contribution in [2.24, 2.45) is 5.92 Å². The van der Waals surface area contributed by atoms with E-state index in [0.29, 0.717) is 25.5 Å². The number of sulfonamides is 1. The van der Waals surface area contributed by atoms with Crippen LogP contribution in [-0.2, 0) is 27.8 Å². The van der Waals surface area contributed by atoms with Crippen molar-refractivity contribution < 1.29 is 27.6 Å². The Bertz CT molecular complexity index is 2510. The van der Waals surface area contributed by atoms with E-state index in [1.807, 2.05) is 29.5 Å². The molecule has 2 bridgehead atoms. The number of hydrogen-bond acceptors (Lipinski definition) is 12. The number of ether oxygens (including phenoxy) is 2. The predicted molar refractivity (Wildman–Crippen MR) is 246 cm³/mol. The first kappa shape index (κ1) is 43.0. The number of thiophene rings is 1. The second-order valence-electron chi connectivity index (χ2n) is 17.1. The Morgan fingerprint density at radius 3 is 2.37 bits per heavy atom. The molecule has 0 radical (unpaired) electrons. The highest BCUT2D eigenvalue weighted by Gasteiger charge is 2.36. The van der Waals surface area contributed by atoms with Crippen molar-refractivity contribution in [2.75, 3.05) is 56.2 Å². The van der Waals surface area contributed by atoms with E-state index in [4.69, 9.17) is 9.47 Å². The number of piperidine rings is 1. The number of nitrogens with one attached hydrogen (secondary N) is 2. The molecule has 0 aliphatic carbocycles. The number of carbonyl (C=O) groups is 1. The molecule has 4 aromatic carbocycles. The van der Waals surface area contributed by atoms with E-state index >= 15 is 0 Å². The molecule has 13 nitrogen and oxygen atoms in total. The third kappa shape index (κ3) is 10.2. The van der Waals surface area contributed by atoms with Gasteiger partial charge in [0.15, 0.2) is 0 Å². The molecule has 9 rings (SSSR count). The van der Waals surface area contributed by atoms with Gasteiger partial charge in [-0.25, -0.2) is 13.1 Å². The number of nitro benzene ring substituents is 1. The van der Waals surface area contributed by atoms with Crippen molar-refractivity contribution in [3.8, 4) is 21.9 Å². The summed E-state index contributed by atoms with van der Waals surface area (Å²) in [4.78, 5) is 35.0. The molecule has 1 amide bonds. The lowest BCUT2D eigenvalue weighted by atomic mass is 10.0. The first-order chi connectivity index (χ1) is 30.6. The maximum absolute atomic E-state index is 13.8. The summed E-state index contributed by atoms with van der Waals surface area (Å²) in [6.07, 6.45) is 8.45. The minimum atomic E-state index is -4.51. The van der Waals surface area contributed by atoms with Gasteiger partial charge >= 0.3 is 0 Å². The predicted octanol–water partition coefficient (Wildman–Crippen LogP) is 8.91. The molecular weight excluding hydrogens is 837 g/mol. The summed E-state index contributed by atoms with van der Waals surface area (Å²) in [5.41, 5.74) is 3.20. The van der Waals surface area contributed by atoms with Crippen molar-refractivity contribution in [1.29, 1.82) is 0 Å². The van der Waals surface area contributed by atoms with Crippen LogP contribution in [0, 0.1) is 16.0 Å². The van der Waals surface area contributed by atoms with Crippen LogP contribution in [0.15, 0.2) is 108 Å². The van der Waals surface area contributed by atoms with Crippen molar-refractivity contribution in [1.82, 2.24) is 14.5 Å². The molecule has 1 aromatic heterocycles. The molecule has 63 heavy (non-hydrogen) atoms. The Labute approximate surface area is 373 Å². The lowest BCUT2D eigenvalue weighted by Crippen LogP contribution is -2.46. The van der Waals surface area contributed by atoms with E-state index in [1.54, 1.807) is 30.3 Å². The van der Waals surface area contributed by atoms with Crippen LogP contribution in [-0.4, -0.2) is 87.1 Å². The van der Waals surface area contributed by atoms with E-state index in [9.17, 15) is 23.3 Å². The Morgan fingerprint density at radius 2 is 1.60 bits per heavy atom. The van der Waals surface area contributed by atoms with Gasteiger partial charge < -0.3 is 19.7 Å². The molecule has 0 spiro atoms. The SMILES string of the molecule is O=C(NS(=O)(=O)c1ccc(NCC2CCOCC2)c([N+](=O)[O-])c1)c1ccc(N2CCN(Cc3cccc(-c4ccc(CN5C6CCC[C@H]5CC6)s4)c3)CC2)cc1Oc1ccccc1. The molecule has 330 valence electrons. The summed E-state index contributed by atoms with van der Waals surface area (Å²) in [6, 6.07) is 32.8. The molecule has 4 aliphatic heterocycles.